The molecule has 3 unspecified atom stereocenters. The highest BCUT2D eigenvalue weighted by atomic mass is 35.5. The molecular formula is C16H21ClFN. The maximum atomic E-state index is 13.6. The maximum Gasteiger partial charge on any atom is 0.142 e. The summed E-state index contributed by atoms with van der Waals surface area (Å²) >= 11 is 6.14. The third-order valence-electron chi connectivity index (χ3n) is 5.21. The Hall–Kier alpha value is -0.600. The fraction of sp³-hybridized carbons (Fsp3) is 0.625. The molecule has 1 aromatic rings. The lowest BCUT2D eigenvalue weighted by atomic mass is 9.69. The van der Waals surface area contributed by atoms with E-state index in [-0.39, 0.29) is 11.2 Å². The van der Waals surface area contributed by atoms with Crippen molar-refractivity contribution in [2.45, 2.75) is 32.1 Å². The van der Waals surface area contributed by atoms with Gasteiger partial charge in [0.25, 0.3) is 0 Å². The van der Waals surface area contributed by atoms with E-state index in [1.165, 1.54) is 31.7 Å². The molecule has 1 nitrogen and oxygen atoms in total. The summed E-state index contributed by atoms with van der Waals surface area (Å²) in [5.41, 5.74) is 1.26. The Morgan fingerprint density at radius 2 is 2.26 bits per heavy atom. The van der Waals surface area contributed by atoms with Crippen molar-refractivity contribution in [3.63, 3.8) is 0 Å². The second-order valence-corrected chi connectivity index (χ2v) is 6.74. The standard InChI is InChI=1S/C16H21ClFN/c1-19-10-16(8-11-5-6-13(16)7-11)9-12-3-2-4-14(18)15(12)17/h2-4,11,13,19H,5-10H2,1H3. The molecular weight excluding hydrogens is 261 g/mol. The highest BCUT2D eigenvalue weighted by molar-refractivity contribution is 6.31. The van der Waals surface area contributed by atoms with Crippen molar-refractivity contribution < 1.29 is 4.39 Å². The normalized spacial score (nSPS) is 33.0. The van der Waals surface area contributed by atoms with Crippen molar-refractivity contribution in [3.8, 4) is 0 Å². The van der Waals surface area contributed by atoms with Crippen LogP contribution in [0.2, 0.25) is 5.02 Å². The molecule has 2 bridgehead atoms. The molecule has 19 heavy (non-hydrogen) atoms. The summed E-state index contributed by atoms with van der Waals surface area (Å²) in [4.78, 5) is 0. The third kappa shape index (κ3) is 2.30. The molecule has 0 aliphatic heterocycles. The van der Waals surface area contributed by atoms with E-state index in [1.54, 1.807) is 6.07 Å². The number of fused-ring (bicyclic) bond motifs is 2. The first kappa shape index (κ1) is 13.4. The third-order valence-corrected chi connectivity index (χ3v) is 5.63. The van der Waals surface area contributed by atoms with Crippen molar-refractivity contribution >= 4 is 11.6 Å². The first-order valence-electron chi connectivity index (χ1n) is 7.22. The van der Waals surface area contributed by atoms with Crippen LogP contribution in [-0.4, -0.2) is 13.6 Å². The lowest BCUT2D eigenvalue weighted by Gasteiger charge is -2.38. The predicted molar refractivity (Wildman–Crippen MR) is 76.9 cm³/mol. The zero-order valence-electron chi connectivity index (χ0n) is 11.4. The van der Waals surface area contributed by atoms with Crippen molar-refractivity contribution in [2.24, 2.45) is 17.3 Å². The Bertz CT molecular complexity index is 476. The number of benzene rings is 1. The zero-order valence-corrected chi connectivity index (χ0v) is 12.1. The Balaban J connectivity index is 1.88. The quantitative estimate of drug-likeness (QED) is 0.878. The summed E-state index contributed by atoms with van der Waals surface area (Å²) < 4.78 is 13.6. The van der Waals surface area contributed by atoms with Crippen LogP contribution in [0, 0.1) is 23.1 Å². The second kappa shape index (κ2) is 5.06. The van der Waals surface area contributed by atoms with Gasteiger partial charge in [0, 0.05) is 6.54 Å². The van der Waals surface area contributed by atoms with E-state index in [2.05, 4.69) is 5.32 Å². The molecule has 104 valence electrons. The van der Waals surface area contributed by atoms with Gasteiger partial charge in [-0.1, -0.05) is 30.2 Å². The molecule has 0 heterocycles. The average molecular weight is 282 g/mol. The van der Waals surface area contributed by atoms with Gasteiger partial charge in [0.05, 0.1) is 5.02 Å². The van der Waals surface area contributed by atoms with E-state index in [9.17, 15) is 4.39 Å². The van der Waals surface area contributed by atoms with Gasteiger partial charge in [0.1, 0.15) is 5.82 Å². The summed E-state index contributed by atoms with van der Waals surface area (Å²) in [7, 11) is 2.01. The minimum absolute atomic E-state index is 0.287. The second-order valence-electron chi connectivity index (χ2n) is 6.36. The van der Waals surface area contributed by atoms with E-state index in [4.69, 9.17) is 11.6 Å². The Labute approximate surface area is 119 Å². The molecule has 2 fully saturated rings. The molecule has 3 atom stereocenters. The van der Waals surface area contributed by atoms with Crippen molar-refractivity contribution in [3.05, 3.63) is 34.6 Å². The zero-order chi connectivity index (χ0) is 13.5. The first-order valence-corrected chi connectivity index (χ1v) is 7.60. The molecule has 1 aromatic carbocycles. The summed E-state index contributed by atoms with van der Waals surface area (Å²) in [6.07, 6.45) is 6.25. The molecule has 0 radical (unpaired) electrons. The summed E-state index contributed by atoms with van der Waals surface area (Å²) in [6, 6.07) is 5.20. The molecule has 1 N–H and O–H groups in total. The molecule has 0 saturated heterocycles. The first-order chi connectivity index (χ1) is 9.14. The lowest BCUT2D eigenvalue weighted by molar-refractivity contribution is 0.160. The Morgan fingerprint density at radius 1 is 1.42 bits per heavy atom. The predicted octanol–water partition coefficient (Wildman–Crippen LogP) is 4.05. The molecule has 0 amide bonds. The van der Waals surface area contributed by atoms with Crippen molar-refractivity contribution in [1.29, 1.82) is 0 Å². The molecule has 2 saturated carbocycles. The summed E-state index contributed by atoms with van der Waals surface area (Å²) in [5.74, 6) is 1.37. The van der Waals surface area contributed by atoms with Crippen LogP contribution in [0.25, 0.3) is 0 Å². The van der Waals surface area contributed by atoms with Gasteiger partial charge in [0.2, 0.25) is 0 Å². The topological polar surface area (TPSA) is 12.0 Å². The Kier molecular flexibility index (Phi) is 3.57. The molecule has 3 rings (SSSR count). The van der Waals surface area contributed by atoms with Crippen LogP contribution in [0.4, 0.5) is 4.39 Å². The fourth-order valence-electron chi connectivity index (χ4n) is 4.47. The van der Waals surface area contributed by atoms with Gasteiger partial charge in [0.15, 0.2) is 0 Å². The van der Waals surface area contributed by atoms with Crippen LogP contribution >= 0.6 is 11.6 Å². The van der Waals surface area contributed by atoms with E-state index in [0.717, 1.165) is 30.4 Å². The highest BCUT2D eigenvalue weighted by Crippen LogP contribution is 2.57. The van der Waals surface area contributed by atoms with Crippen LogP contribution in [0.15, 0.2) is 18.2 Å². The van der Waals surface area contributed by atoms with Crippen molar-refractivity contribution in [1.82, 2.24) is 5.32 Å². The number of nitrogens with one attached hydrogen (secondary N) is 1. The van der Waals surface area contributed by atoms with Crippen LogP contribution in [0.5, 0.6) is 0 Å². The molecule has 2 aliphatic rings. The minimum Gasteiger partial charge on any atom is -0.319 e. The van der Waals surface area contributed by atoms with E-state index < -0.39 is 0 Å². The number of rotatable bonds is 4. The number of hydrogen-bond donors (Lipinski definition) is 1. The molecule has 0 aromatic heterocycles. The van der Waals surface area contributed by atoms with Gasteiger partial charge in [-0.3, -0.25) is 0 Å². The molecule has 2 aliphatic carbocycles. The molecule has 3 heteroatoms. The Morgan fingerprint density at radius 3 is 2.89 bits per heavy atom. The minimum atomic E-state index is -0.290. The smallest absolute Gasteiger partial charge is 0.142 e. The van der Waals surface area contributed by atoms with Crippen LogP contribution in [-0.2, 0) is 6.42 Å². The molecule has 0 spiro atoms. The van der Waals surface area contributed by atoms with E-state index in [1.807, 2.05) is 13.1 Å². The van der Waals surface area contributed by atoms with Gasteiger partial charge in [-0.15, -0.1) is 0 Å². The maximum absolute atomic E-state index is 13.6. The van der Waals surface area contributed by atoms with Gasteiger partial charge in [-0.2, -0.15) is 0 Å². The van der Waals surface area contributed by atoms with Crippen molar-refractivity contribution in [2.75, 3.05) is 13.6 Å². The summed E-state index contributed by atoms with van der Waals surface area (Å²) in [6.45, 7) is 1.01. The van der Waals surface area contributed by atoms with Crippen LogP contribution in [0.3, 0.4) is 0 Å². The van der Waals surface area contributed by atoms with Crippen LogP contribution < -0.4 is 5.32 Å². The average Bonchev–Trinajstić information content (AvgIpc) is 2.96. The van der Waals surface area contributed by atoms with Gasteiger partial charge in [-0.25, -0.2) is 4.39 Å². The largest absolute Gasteiger partial charge is 0.319 e. The monoisotopic (exact) mass is 281 g/mol. The lowest BCUT2D eigenvalue weighted by Crippen LogP contribution is -2.39. The SMILES string of the molecule is CNCC1(Cc2cccc(F)c2Cl)CC2CCC1C2. The highest BCUT2D eigenvalue weighted by Gasteiger charge is 2.50. The number of hydrogen-bond acceptors (Lipinski definition) is 1. The number of halogens is 2. The van der Waals surface area contributed by atoms with Gasteiger partial charge < -0.3 is 5.32 Å². The van der Waals surface area contributed by atoms with Gasteiger partial charge in [-0.05, 0) is 61.6 Å². The van der Waals surface area contributed by atoms with E-state index >= 15 is 0 Å². The van der Waals surface area contributed by atoms with Crippen LogP contribution in [0.1, 0.15) is 31.2 Å². The van der Waals surface area contributed by atoms with E-state index in [0.29, 0.717) is 5.02 Å². The fourth-order valence-corrected chi connectivity index (χ4v) is 4.66. The summed E-state index contributed by atoms with van der Waals surface area (Å²) in [5, 5.41) is 3.67. The van der Waals surface area contributed by atoms with Gasteiger partial charge >= 0.3 is 0 Å².